The number of hydrazine groups is 1. The van der Waals surface area contributed by atoms with Crippen LogP contribution in [0.25, 0.3) is 0 Å². The van der Waals surface area contributed by atoms with Gasteiger partial charge in [0, 0.05) is 12.6 Å². The van der Waals surface area contributed by atoms with Crippen molar-refractivity contribution in [1.29, 1.82) is 0 Å². The summed E-state index contributed by atoms with van der Waals surface area (Å²) >= 11 is 0. The summed E-state index contributed by atoms with van der Waals surface area (Å²) in [5, 5.41) is 9.00. The van der Waals surface area contributed by atoms with Gasteiger partial charge in [0.1, 0.15) is 11.5 Å². The second kappa shape index (κ2) is 6.53. The fourth-order valence-corrected chi connectivity index (χ4v) is 1.77. The molecule has 0 bridgehead atoms. The third kappa shape index (κ3) is 3.56. The van der Waals surface area contributed by atoms with E-state index in [2.05, 4.69) is 10.3 Å². The van der Waals surface area contributed by atoms with Crippen LogP contribution >= 0.6 is 0 Å². The van der Waals surface area contributed by atoms with E-state index in [0.717, 1.165) is 0 Å². The van der Waals surface area contributed by atoms with E-state index < -0.39 is 0 Å². The van der Waals surface area contributed by atoms with Gasteiger partial charge in [-0.15, -0.1) is 0 Å². The van der Waals surface area contributed by atoms with Crippen molar-refractivity contribution in [2.24, 2.45) is 5.84 Å². The third-order valence-electron chi connectivity index (χ3n) is 2.82. The molecule has 0 spiro atoms. The Bertz CT molecular complexity index is 401. The van der Waals surface area contributed by atoms with Gasteiger partial charge in [-0.1, -0.05) is 0 Å². The molecule has 0 aliphatic heterocycles. The van der Waals surface area contributed by atoms with Crippen LogP contribution in [-0.4, -0.2) is 35.1 Å². The Balaban J connectivity index is 2.81. The van der Waals surface area contributed by atoms with Crippen LogP contribution in [-0.2, 0) is 6.54 Å². The van der Waals surface area contributed by atoms with Crippen LogP contribution in [0.1, 0.15) is 35.7 Å². The highest BCUT2D eigenvalue weighted by molar-refractivity contribution is 5.94. The third-order valence-corrected chi connectivity index (χ3v) is 2.82. The Morgan fingerprint density at radius 2 is 2.28 bits per heavy atom. The van der Waals surface area contributed by atoms with Gasteiger partial charge in [0.05, 0.1) is 18.7 Å². The molecule has 6 nitrogen and oxygen atoms in total. The van der Waals surface area contributed by atoms with Crippen LogP contribution in [0.4, 0.5) is 0 Å². The Hall–Kier alpha value is -1.37. The van der Waals surface area contributed by atoms with Crippen molar-refractivity contribution >= 4 is 5.91 Å². The maximum atomic E-state index is 11.4. The molecule has 1 heterocycles. The monoisotopic (exact) mass is 255 g/mol. The summed E-state index contributed by atoms with van der Waals surface area (Å²) in [7, 11) is 0. The van der Waals surface area contributed by atoms with Crippen molar-refractivity contribution in [3.63, 3.8) is 0 Å². The SMILES string of the molecule is Cc1oc(CN(CCO)C(C)C)cc1C(=O)NN. The Morgan fingerprint density at radius 3 is 2.78 bits per heavy atom. The van der Waals surface area contributed by atoms with Crippen molar-refractivity contribution in [2.45, 2.75) is 33.4 Å². The zero-order valence-corrected chi connectivity index (χ0v) is 11.1. The molecule has 1 aromatic heterocycles. The number of nitrogen functional groups attached to an aromatic ring is 1. The van der Waals surface area contributed by atoms with Crippen LogP contribution in [0.15, 0.2) is 10.5 Å². The second-order valence-electron chi connectivity index (χ2n) is 4.44. The van der Waals surface area contributed by atoms with E-state index in [9.17, 15) is 4.79 Å². The molecule has 0 radical (unpaired) electrons. The summed E-state index contributed by atoms with van der Waals surface area (Å²) in [5.74, 6) is 5.96. The number of nitrogens with zero attached hydrogens (tertiary/aromatic N) is 1. The maximum Gasteiger partial charge on any atom is 0.268 e. The largest absolute Gasteiger partial charge is 0.464 e. The number of nitrogens with two attached hydrogens (primary N) is 1. The van der Waals surface area contributed by atoms with Crippen LogP contribution in [0.2, 0.25) is 0 Å². The van der Waals surface area contributed by atoms with Crippen molar-refractivity contribution in [3.8, 4) is 0 Å². The minimum absolute atomic E-state index is 0.0913. The first-order valence-electron chi connectivity index (χ1n) is 5.94. The van der Waals surface area contributed by atoms with Crippen LogP contribution in [0.5, 0.6) is 0 Å². The highest BCUT2D eigenvalue weighted by atomic mass is 16.3. The van der Waals surface area contributed by atoms with Gasteiger partial charge in [0.2, 0.25) is 0 Å². The lowest BCUT2D eigenvalue weighted by Crippen LogP contribution is -2.32. The maximum absolute atomic E-state index is 11.4. The summed E-state index contributed by atoms with van der Waals surface area (Å²) < 4.78 is 5.52. The Labute approximate surface area is 107 Å². The fourth-order valence-electron chi connectivity index (χ4n) is 1.77. The van der Waals surface area contributed by atoms with Gasteiger partial charge < -0.3 is 9.52 Å². The van der Waals surface area contributed by atoms with Crippen molar-refractivity contribution in [2.75, 3.05) is 13.2 Å². The minimum atomic E-state index is -0.360. The van der Waals surface area contributed by atoms with Gasteiger partial charge in [-0.25, -0.2) is 5.84 Å². The quantitative estimate of drug-likeness (QED) is 0.388. The molecular weight excluding hydrogens is 234 g/mol. The Kier molecular flexibility index (Phi) is 5.33. The number of aryl methyl sites for hydroxylation is 1. The lowest BCUT2D eigenvalue weighted by atomic mass is 10.2. The fraction of sp³-hybridized carbons (Fsp3) is 0.583. The van der Waals surface area contributed by atoms with E-state index in [0.29, 0.717) is 30.2 Å². The highest BCUT2D eigenvalue weighted by Crippen LogP contribution is 2.17. The van der Waals surface area contributed by atoms with Crippen molar-refractivity contribution < 1.29 is 14.3 Å². The summed E-state index contributed by atoms with van der Waals surface area (Å²) in [4.78, 5) is 13.5. The predicted molar refractivity (Wildman–Crippen MR) is 67.7 cm³/mol. The molecule has 18 heavy (non-hydrogen) atoms. The molecule has 0 aliphatic carbocycles. The predicted octanol–water partition coefficient (Wildman–Crippen LogP) is 0.394. The molecule has 0 fully saturated rings. The topological polar surface area (TPSA) is 91.7 Å². The first kappa shape index (κ1) is 14.7. The number of hydrogen-bond acceptors (Lipinski definition) is 5. The molecule has 0 aliphatic rings. The number of hydrogen-bond donors (Lipinski definition) is 3. The lowest BCUT2D eigenvalue weighted by molar-refractivity contribution is 0.0952. The minimum Gasteiger partial charge on any atom is -0.464 e. The molecule has 0 saturated carbocycles. The molecule has 0 atom stereocenters. The van der Waals surface area contributed by atoms with E-state index in [1.165, 1.54) is 0 Å². The summed E-state index contributed by atoms with van der Waals surface area (Å²) in [5.41, 5.74) is 2.53. The molecule has 1 amide bonds. The average molecular weight is 255 g/mol. The number of aliphatic hydroxyl groups excluding tert-OH is 1. The molecular formula is C12H21N3O3. The zero-order valence-electron chi connectivity index (χ0n) is 11.1. The molecule has 0 unspecified atom stereocenters. The zero-order chi connectivity index (χ0) is 13.7. The number of carbonyl (C=O) groups is 1. The van der Waals surface area contributed by atoms with Gasteiger partial charge in [0.15, 0.2) is 0 Å². The standard InChI is InChI=1S/C12H21N3O3/c1-8(2)15(4-5-16)7-10-6-11(9(3)18-10)12(17)14-13/h6,8,16H,4-5,7,13H2,1-3H3,(H,14,17). The molecule has 1 aromatic rings. The van der Waals surface area contributed by atoms with Crippen LogP contribution < -0.4 is 11.3 Å². The molecule has 0 aromatic carbocycles. The van der Waals surface area contributed by atoms with Crippen molar-refractivity contribution in [3.05, 3.63) is 23.2 Å². The number of nitrogens with one attached hydrogen (secondary N) is 1. The van der Waals surface area contributed by atoms with Crippen LogP contribution in [0, 0.1) is 6.92 Å². The van der Waals surface area contributed by atoms with Crippen molar-refractivity contribution in [1.82, 2.24) is 10.3 Å². The van der Waals surface area contributed by atoms with Gasteiger partial charge in [-0.3, -0.25) is 15.1 Å². The van der Waals surface area contributed by atoms with E-state index in [1.54, 1.807) is 13.0 Å². The number of amides is 1. The first-order valence-corrected chi connectivity index (χ1v) is 5.94. The first-order chi connectivity index (χ1) is 8.49. The van der Waals surface area contributed by atoms with Crippen LogP contribution in [0.3, 0.4) is 0 Å². The highest BCUT2D eigenvalue weighted by Gasteiger charge is 2.17. The van der Waals surface area contributed by atoms with Gasteiger partial charge in [-0.05, 0) is 26.8 Å². The van der Waals surface area contributed by atoms with E-state index in [4.69, 9.17) is 15.4 Å². The molecule has 0 saturated heterocycles. The molecule has 102 valence electrons. The van der Waals surface area contributed by atoms with E-state index in [1.807, 2.05) is 13.8 Å². The lowest BCUT2D eigenvalue weighted by Gasteiger charge is -2.24. The smallest absolute Gasteiger partial charge is 0.268 e. The Morgan fingerprint density at radius 1 is 1.61 bits per heavy atom. The number of aliphatic hydroxyl groups is 1. The van der Waals surface area contributed by atoms with Gasteiger partial charge in [-0.2, -0.15) is 0 Å². The molecule has 1 rings (SSSR count). The van der Waals surface area contributed by atoms with E-state index in [-0.39, 0.29) is 18.6 Å². The van der Waals surface area contributed by atoms with Gasteiger partial charge >= 0.3 is 0 Å². The molecule has 4 N–H and O–H groups in total. The summed E-state index contributed by atoms with van der Waals surface area (Å²) in [6, 6.07) is 1.97. The second-order valence-corrected chi connectivity index (χ2v) is 4.44. The summed E-state index contributed by atoms with van der Waals surface area (Å²) in [6.07, 6.45) is 0. The van der Waals surface area contributed by atoms with Gasteiger partial charge in [0.25, 0.3) is 5.91 Å². The number of rotatable bonds is 6. The van der Waals surface area contributed by atoms with E-state index >= 15 is 0 Å². The summed E-state index contributed by atoms with van der Waals surface area (Å²) in [6.45, 7) is 7.01. The number of furan rings is 1. The average Bonchev–Trinajstić information content (AvgIpc) is 2.68. The number of carbonyl (C=O) groups excluding carboxylic acids is 1. The molecule has 6 heteroatoms. The normalized spacial score (nSPS) is 11.3.